The number of thiol groups is 1. The van der Waals surface area contributed by atoms with Crippen molar-refractivity contribution in [1.29, 1.82) is 5.41 Å². The van der Waals surface area contributed by atoms with E-state index in [0.717, 1.165) is 11.3 Å². The second-order valence-electron chi connectivity index (χ2n) is 1.66. The molecule has 0 spiro atoms. The lowest BCUT2D eigenvalue weighted by Gasteiger charge is -2.01. The molecule has 0 aromatic heterocycles. The van der Waals surface area contributed by atoms with Crippen LogP contribution in [0.1, 0.15) is 6.42 Å². The summed E-state index contributed by atoms with van der Waals surface area (Å²) in [5.74, 6) is 0. The van der Waals surface area contributed by atoms with E-state index in [-0.39, 0.29) is 0 Å². The van der Waals surface area contributed by atoms with Crippen molar-refractivity contribution < 1.29 is 0 Å². The summed E-state index contributed by atoms with van der Waals surface area (Å²) in [6.07, 6.45) is 6.42. The summed E-state index contributed by atoms with van der Waals surface area (Å²) in [4.78, 5) is 0.785. The van der Waals surface area contributed by atoms with Crippen LogP contribution >= 0.6 is 12.6 Å². The molecule has 0 heterocycles. The van der Waals surface area contributed by atoms with Crippen LogP contribution in [0, 0.1) is 5.41 Å². The van der Waals surface area contributed by atoms with Gasteiger partial charge in [-0.3, -0.25) is 0 Å². The van der Waals surface area contributed by atoms with Crippen LogP contribution < -0.4 is 0 Å². The Labute approximate surface area is 54.0 Å². The number of allylic oxidation sites excluding steroid dienone is 4. The quantitative estimate of drug-likeness (QED) is 0.461. The molecular formula is C6H7NS. The van der Waals surface area contributed by atoms with Gasteiger partial charge in [-0.25, -0.2) is 0 Å². The highest BCUT2D eigenvalue weighted by atomic mass is 32.1. The van der Waals surface area contributed by atoms with Crippen molar-refractivity contribution in [2.45, 2.75) is 6.42 Å². The fourth-order valence-electron chi connectivity index (χ4n) is 0.550. The van der Waals surface area contributed by atoms with Crippen LogP contribution in [-0.4, -0.2) is 5.71 Å². The van der Waals surface area contributed by atoms with Crippen molar-refractivity contribution in [3.8, 4) is 0 Å². The van der Waals surface area contributed by atoms with Crippen LogP contribution in [0.15, 0.2) is 23.1 Å². The highest BCUT2D eigenvalue weighted by Crippen LogP contribution is 2.10. The first-order valence-electron chi connectivity index (χ1n) is 2.44. The molecule has 0 saturated carbocycles. The lowest BCUT2D eigenvalue weighted by molar-refractivity contribution is 1.36. The van der Waals surface area contributed by atoms with Gasteiger partial charge in [0.1, 0.15) is 0 Å². The van der Waals surface area contributed by atoms with Crippen molar-refractivity contribution in [3.05, 3.63) is 23.1 Å². The topological polar surface area (TPSA) is 23.9 Å². The zero-order chi connectivity index (χ0) is 5.98. The molecule has 0 radical (unpaired) electrons. The van der Waals surface area contributed by atoms with Gasteiger partial charge in [-0.2, -0.15) is 0 Å². The van der Waals surface area contributed by atoms with Gasteiger partial charge >= 0.3 is 0 Å². The van der Waals surface area contributed by atoms with Gasteiger partial charge in [0, 0.05) is 17.0 Å². The Kier molecular flexibility index (Phi) is 1.53. The molecule has 0 amide bonds. The van der Waals surface area contributed by atoms with Gasteiger partial charge in [0.25, 0.3) is 0 Å². The van der Waals surface area contributed by atoms with Crippen LogP contribution in [0.4, 0.5) is 0 Å². The van der Waals surface area contributed by atoms with Gasteiger partial charge in [0.15, 0.2) is 0 Å². The summed E-state index contributed by atoms with van der Waals surface area (Å²) in [5.41, 5.74) is 0.607. The molecule has 0 saturated heterocycles. The monoisotopic (exact) mass is 125 g/mol. The highest BCUT2D eigenvalue weighted by Gasteiger charge is 1.98. The van der Waals surface area contributed by atoms with Gasteiger partial charge in [0.2, 0.25) is 0 Å². The first kappa shape index (κ1) is 5.63. The molecule has 0 aromatic carbocycles. The average molecular weight is 125 g/mol. The molecule has 0 aliphatic heterocycles. The molecule has 0 aromatic rings. The standard InChI is InChI=1S/C6H7NS/c7-5-3-1-2-4-6(5)8/h1-2,4,7-8H,3H2. The number of hydrogen-bond acceptors (Lipinski definition) is 2. The van der Waals surface area contributed by atoms with Crippen molar-refractivity contribution in [2.24, 2.45) is 0 Å². The lowest BCUT2D eigenvalue weighted by atomic mass is 10.2. The minimum absolute atomic E-state index is 0.607. The molecule has 42 valence electrons. The first-order chi connectivity index (χ1) is 3.80. The van der Waals surface area contributed by atoms with E-state index >= 15 is 0 Å². The smallest absolute Gasteiger partial charge is 0.0484 e. The van der Waals surface area contributed by atoms with Gasteiger partial charge in [-0.1, -0.05) is 12.2 Å². The van der Waals surface area contributed by atoms with E-state index < -0.39 is 0 Å². The first-order valence-corrected chi connectivity index (χ1v) is 2.89. The zero-order valence-electron chi connectivity index (χ0n) is 4.39. The van der Waals surface area contributed by atoms with E-state index in [1.165, 1.54) is 0 Å². The van der Waals surface area contributed by atoms with Crippen LogP contribution in [0.3, 0.4) is 0 Å². The van der Waals surface area contributed by atoms with E-state index in [1.807, 2.05) is 18.2 Å². The SMILES string of the molecule is N=C1CC=CC=C1S. The van der Waals surface area contributed by atoms with Crippen LogP contribution in [0.5, 0.6) is 0 Å². The Bertz CT molecular complexity index is 167. The molecule has 1 N–H and O–H groups in total. The van der Waals surface area contributed by atoms with E-state index in [0.29, 0.717) is 5.71 Å². The molecule has 0 bridgehead atoms. The normalized spacial score (nSPS) is 18.6. The second-order valence-corrected chi connectivity index (χ2v) is 2.14. The molecule has 0 fully saturated rings. The third-order valence-corrected chi connectivity index (χ3v) is 1.44. The zero-order valence-corrected chi connectivity index (χ0v) is 5.28. The van der Waals surface area contributed by atoms with E-state index in [2.05, 4.69) is 12.6 Å². The summed E-state index contributed by atoms with van der Waals surface area (Å²) >= 11 is 4.04. The van der Waals surface area contributed by atoms with Gasteiger partial charge in [-0.05, 0) is 6.08 Å². The third kappa shape index (κ3) is 1.01. The number of rotatable bonds is 0. The second kappa shape index (κ2) is 2.18. The van der Waals surface area contributed by atoms with Crippen molar-refractivity contribution in [2.75, 3.05) is 0 Å². The highest BCUT2D eigenvalue weighted by molar-refractivity contribution is 7.85. The minimum Gasteiger partial charge on any atom is -0.304 e. The van der Waals surface area contributed by atoms with Crippen molar-refractivity contribution in [1.82, 2.24) is 0 Å². The van der Waals surface area contributed by atoms with Crippen LogP contribution in [0.2, 0.25) is 0 Å². The largest absolute Gasteiger partial charge is 0.304 e. The van der Waals surface area contributed by atoms with E-state index in [9.17, 15) is 0 Å². The van der Waals surface area contributed by atoms with Gasteiger partial charge in [0.05, 0.1) is 0 Å². The maximum absolute atomic E-state index is 7.20. The molecule has 8 heavy (non-hydrogen) atoms. The Morgan fingerprint density at radius 1 is 1.62 bits per heavy atom. The third-order valence-electron chi connectivity index (χ3n) is 1.02. The summed E-state index contributed by atoms with van der Waals surface area (Å²) in [6, 6.07) is 0. The number of hydrogen-bond donors (Lipinski definition) is 2. The fourth-order valence-corrected chi connectivity index (χ4v) is 0.728. The van der Waals surface area contributed by atoms with Crippen LogP contribution in [0.25, 0.3) is 0 Å². The lowest BCUT2D eigenvalue weighted by Crippen LogP contribution is -1.96. The maximum atomic E-state index is 7.20. The molecular weight excluding hydrogens is 118 g/mol. The average Bonchev–Trinajstić information content (AvgIpc) is 1.77. The predicted molar refractivity (Wildman–Crippen MR) is 38.6 cm³/mol. The molecule has 1 aliphatic carbocycles. The van der Waals surface area contributed by atoms with E-state index in [1.54, 1.807) is 0 Å². The summed E-state index contributed by atoms with van der Waals surface area (Å²) < 4.78 is 0. The maximum Gasteiger partial charge on any atom is 0.0484 e. The van der Waals surface area contributed by atoms with Gasteiger partial charge in [-0.15, -0.1) is 12.6 Å². The predicted octanol–water partition coefficient (Wildman–Crippen LogP) is 1.78. The molecule has 1 aliphatic rings. The Morgan fingerprint density at radius 3 is 2.75 bits per heavy atom. The Morgan fingerprint density at radius 2 is 2.38 bits per heavy atom. The summed E-state index contributed by atoms with van der Waals surface area (Å²) in [7, 11) is 0. The minimum atomic E-state index is 0.607. The van der Waals surface area contributed by atoms with Crippen molar-refractivity contribution in [3.63, 3.8) is 0 Å². The molecule has 1 rings (SSSR count). The van der Waals surface area contributed by atoms with Gasteiger partial charge < -0.3 is 5.41 Å². The van der Waals surface area contributed by atoms with E-state index in [4.69, 9.17) is 5.41 Å². The summed E-state index contributed by atoms with van der Waals surface area (Å²) in [5, 5.41) is 7.20. The molecule has 1 nitrogen and oxygen atoms in total. The summed E-state index contributed by atoms with van der Waals surface area (Å²) in [6.45, 7) is 0. The molecule has 2 heteroatoms. The Balaban J connectivity index is 2.80. The molecule has 0 atom stereocenters. The van der Waals surface area contributed by atoms with Crippen LogP contribution in [-0.2, 0) is 0 Å². The van der Waals surface area contributed by atoms with Crippen molar-refractivity contribution >= 4 is 18.3 Å². The Hall–Kier alpha value is -0.500. The number of nitrogens with one attached hydrogen (secondary N) is 1. The fraction of sp³-hybridized carbons (Fsp3) is 0.167. The molecule has 0 unspecified atom stereocenters.